The van der Waals surface area contributed by atoms with E-state index >= 15 is 0 Å². The number of nitrogens with zero attached hydrogens (tertiary/aromatic N) is 4. The lowest BCUT2D eigenvalue weighted by atomic mass is 9.85. The fourth-order valence-corrected chi connectivity index (χ4v) is 1.98. The Balaban J connectivity index is 2.63. The Morgan fingerprint density at radius 1 is 1.33 bits per heavy atom. The molecule has 1 heterocycles. The van der Waals surface area contributed by atoms with Crippen molar-refractivity contribution in [3.8, 4) is 5.69 Å². The first-order valence-electron chi connectivity index (χ1n) is 7.15. The summed E-state index contributed by atoms with van der Waals surface area (Å²) in [7, 11) is 1.25. The lowest BCUT2D eigenvalue weighted by Gasteiger charge is -2.24. The maximum Gasteiger partial charge on any atom is 0.377 e. The highest BCUT2D eigenvalue weighted by atomic mass is 16.6. The molecule has 2 aromatic rings. The van der Waals surface area contributed by atoms with Crippen molar-refractivity contribution in [3.63, 3.8) is 0 Å². The minimum Gasteiger partial charge on any atom is -0.463 e. The van der Waals surface area contributed by atoms with E-state index in [4.69, 9.17) is 0 Å². The van der Waals surface area contributed by atoms with Crippen molar-refractivity contribution >= 4 is 11.7 Å². The van der Waals surface area contributed by atoms with E-state index in [0.717, 1.165) is 5.57 Å². The van der Waals surface area contributed by atoms with E-state index < -0.39 is 16.3 Å². The van der Waals surface area contributed by atoms with Crippen molar-refractivity contribution in [1.82, 2.24) is 14.8 Å². The lowest BCUT2D eigenvalue weighted by molar-refractivity contribution is -0.384. The quantitative estimate of drug-likeness (QED) is 0.362. The van der Waals surface area contributed by atoms with Crippen LogP contribution in [-0.2, 0) is 10.2 Å². The van der Waals surface area contributed by atoms with Crippen LogP contribution in [0.3, 0.4) is 0 Å². The lowest BCUT2D eigenvalue weighted by Crippen LogP contribution is -2.24. The first kappa shape index (κ1) is 17.3. The molecule has 0 bridgehead atoms. The number of aromatic nitrogens is 3. The number of carbonyl (C=O) groups is 1. The molecule has 126 valence electrons. The summed E-state index contributed by atoms with van der Waals surface area (Å²) in [6.45, 7) is 9.63. The third-order valence-electron chi connectivity index (χ3n) is 3.91. The number of allylic oxidation sites excluding steroid dienone is 1. The van der Waals surface area contributed by atoms with Crippen molar-refractivity contribution in [1.29, 1.82) is 0 Å². The van der Waals surface area contributed by atoms with Crippen LogP contribution < -0.4 is 0 Å². The van der Waals surface area contributed by atoms with Crippen molar-refractivity contribution in [2.24, 2.45) is 0 Å². The second kappa shape index (κ2) is 6.23. The highest BCUT2D eigenvalue weighted by Crippen LogP contribution is 2.30. The molecule has 8 heteroatoms. The summed E-state index contributed by atoms with van der Waals surface area (Å²) in [4.78, 5) is 26.4. The molecule has 0 radical (unpaired) electrons. The summed E-state index contributed by atoms with van der Waals surface area (Å²) < 4.78 is 6.15. The van der Waals surface area contributed by atoms with E-state index in [1.165, 1.54) is 23.9 Å². The first-order valence-corrected chi connectivity index (χ1v) is 7.15. The van der Waals surface area contributed by atoms with Crippen molar-refractivity contribution in [3.05, 3.63) is 58.2 Å². The van der Waals surface area contributed by atoms with Crippen LogP contribution >= 0.6 is 0 Å². The molecule has 0 aliphatic carbocycles. The van der Waals surface area contributed by atoms with E-state index in [2.05, 4.69) is 21.4 Å². The van der Waals surface area contributed by atoms with Gasteiger partial charge in [0, 0.05) is 17.5 Å². The van der Waals surface area contributed by atoms with Gasteiger partial charge in [0.05, 0.1) is 17.7 Å². The Morgan fingerprint density at radius 2 is 1.92 bits per heavy atom. The van der Waals surface area contributed by atoms with E-state index in [0.29, 0.717) is 11.5 Å². The van der Waals surface area contributed by atoms with Crippen LogP contribution in [0.25, 0.3) is 5.69 Å². The second-order valence-electron chi connectivity index (χ2n) is 5.84. The summed E-state index contributed by atoms with van der Waals surface area (Å²) in [5.41, 5.74) is 0.774. The first-order chi connectivity index (χ1) is 11.2. The SMILES string of the molecule is C=C(C)C(C)(C)c1nc(C(=O)OC)nn1-c1ccc([N+](=O)[O-])cc1. The number of methoxy groups -OCH3 is 1. The number of hydrogen-bond donors (Lipinski definition) is 0. The highest BCUT2D eigenvalue weighted by molar-refractivity contribution is 5.85. The number of nitro groups is 1. The molecule has 2 rings (SSSR count). The fraction of sp³-hybridized carbons (Fsp3) is 0.312. The van der Waals surface area contributed by atoms with Crippen LogP contribution in [0.1, 0.15) is 37.2 Å². The van der Waals surface area contributed by atoms with Crippen LogP contribution in [0.5, 0.6) is 0 Å². The van der Waals surface area contributed by atoms with Gasteiger partial charge >= 0.3 is 5.97 Å². The number of benzene rings is 1. The standard InChI is InChI=1S/C16H18N4O4/c1-10(2)16(3,4)15-17-13(14(21)24-5)18-19(15)11-6-8-12(9-7-11)20(22)23/h6-9H,1H2,2-5H3. The van der Waals surface area contributed by atoms with E-state index in [1.807, 2.05) is 20.8 Å². The number of esters is 1. The smallest absolute Gasteiger partial charge is 0.377 e. The molecule has 8 nitrogen and oxygen atoms in total. The molecule has 0 aliphatic rings. The van der Waals surface area contributed by atoms with Gasteiger partial charge in [-0.15, -0.1) is 5.10 Å². The molecule has 1 aromatic heterocycles. The Morgan fingerprint density at radius 3 is 2.38 bits per heavy atom. The fourth-order valence-electron chi connectivity index (χ4n) is 1.98. The van der Waals surface area contributed by atoms with Crippen molar-refractivity contribution < 1.29 is 14.5 Å². The van der Waals surface area contributed by atoms with E-state index in [9.17, 15) is 14.9 Å². The van der Waals surface area contributed by atoms with Gasteiger partial charge in [-0.25, -0.2) is 14.5 Å². The zero-order valence-electron chi connectivity index (χ0n) is 13.9. The molecule has 0 aliphatic heterocycles. The molecule has 0 atom stereocenters. The molecule has 1 aromatic carbocycles. The minimum absolute atomic E-state index is 0.0345. The average molecular weight is 330 g/mol. The maximum absolute atomic E-state index is 11.8. The molecule has 0 saturated heterocycles. The zero-order chi connectivity index (χ0) is 18.1. The van der Waals surface area contributed by atoms with Crippen molar-refractivity contribution in [2.45, 2.75) is 26.2 Å². The molecule has 0 N–H and O–H groups in total. The van der Waals surface area contributed by atoms with Gasteiger partial charge < -0.3 is 4.74 Å². The number of non-ortho nitro benzene ring substituents is 1. The molecule has 0 unspecified atom stereocenters. The van der Waals surface area contributed by atoms with Crippen molar-refractivity contribution in [2.75, 3.05) is 7.11 Å². The highest BCUT2D eigenvalue weighted by Gasteiger charge is 2.31. The van der Waals surface area contributed by atoms with Crippen LogP contribution in [0, 0.1) is 10.1 Å². The van der Waals surface area contributed by atoms with Crippen LogP contribution in [-0.4, -0.2) is 32.8 Å². The van der Waals surface area contributed by atoms with E-state index in [-0.39, 0.29) is 11.5 Å². The number of carbonyl (C=O) groups excluding carboxylic acids is 1. The number of hydrogen-bond acceptors (Lipinski definition) is 6. The van der Waals surface area contributed by atoms with Crippen LogP contribution in [0.2, 0.25) is 0 Å². The summed E-state index contributed by atoms with van der Waals surface area (Å²) in [6, 6.07) is 5.83. The normalized spacial score (nSPS) is 11.2. The predicted molar refractivity (Wildman–Crippen MR) is 87.2 cm³/mol. The molecule has 0 fully saturated rings. The van der Waals surface area contributed by atoms with Gasteiger partial charge in [-0.3, -0.25) is 10.1 Å². The average Bonchev–Trinajstić information content (AvgIpc) is 3.00. The number of rotatable bonds is 5. The summed E-state index contributed by atoms with van der Waals surface area (Å²) >= 11 is 0. The van der Waals surface area contributed by atoms with Gasteiger partial charge in [-0.2, -0.15) is 0 Å². The Labute approximate surface area is 138 Å². The summed E-state index contributed by atoms with van der Waals surface area (Å²) in [5.74, 6) is -0.251. The second-order valence-corrected chi connectivity index (χ2v) is 5.84. The van der Waals surface area contributed by atoms with Gasteiger partial charge in [0.2, 0.25) is 0 Å². The molecular formula is C16H18N4O4. The van der Waals surface area contributed by atoms with Gasteiger partial charge in [-0.05, 0) is 32.9 Å². The van der Waals surface area contributed by atoms with Gasteiger partial charge in [-0.1, -0.05) is 12.2 Å². The van der Waals surface area contributed by atoms with Crippen LogP contribution in [0.15, 0.2) is 36.4 Å². The predicted octanol–water partition coefficient (Wildman–Crippen LogP) is 2.82. The number of ether oxygens (including phenoxy) is 1. The molecular weight excluding hydrogens is 312 g/mol. The van der Waals surface area contributed by atoms with Gasteiger partial charge in [0.25, 0.3) is 11.5 Å². The minimum atomic E-state index is -0.658. The van der Waals surface area contributed by atoms with Crippen LogP contribution in [0.4, 0.5) is 5.69 Å². The topological polar surface area (TPSA) is 100 Å². The number of nitro benzene ring substituents is 1. The largest absolute Gasteiger partial charge is 0.463 e. The maximum atomic E-state index is 11.8. The third-order valence-corrected chi connectivity index (χ3v) is 3.91. The zero-order valence-corrected chi connectivity index (χ0v) is 13.9. The Kier molecular flexibility index (Phi) is 4.50. The third kappa shape index (κ3) is 3.03. The molecule has 0 spiro atoms. The van der Waals surface area contributed by atoms with Gasteiger partial charge in [0.1, 0.15) is 5.82 Å². The van der Waals surface area contributed by atoms with E-state index in [1.54, 1.807) is 12.1 Å². The monoisotopic (exact) mass is 330 g/mol. The molecule has 0 amide bonds. The summed E-state index contributed by atoms with van der Waals surface area (Å²) in [5, 5.41) is 15.0. The Hall–Kier alpha value is -3.03. The molecule has 0 saturated carbocycles. The summed E-state index contributed by atoms with van der Waals surface area (Å²) in [6.07, 6.45) is 0. The molecule has 24 heavy (non-hydrogen) atoms. The van der Waals surface area contributed by atoms with Gasteiger partial charge in [0.15, 0.2) is 0 Å². The Bertz CT molecular complexity index is 806.